The minimum atomic E-state index is 1.13. The zero-order valence-electron chi connectivity index (χ0n) is 11.8. The molecular formula is C17H27N. The maximum atomic E-state index is 3.57. The zero-order valence-corrected chi connectivity index (χ0v) is 11.8. The van der Waals surface area contributed by atoms with Crippen molar-refractivity contribution < 1.29 is 0 Å². The molecule has 100 valence electrons. The summed E-state index contributed by atoms with van der Waals surface area (Å²) >= 11 is 0. The number of anilines is 1. The lowest BCUT2D eigenvalue weighted by atomic mass is 10.1. The van der Waals surface area contributed by atoms with Gasteiger partial charge in [-0.1, -0.05) is 45.1 Å². The van der Waals surface area contributed by atoms with E-state index in [4.69, 9.17) is 0 Å². The molecule has 1 aromatic rings. The number of nitrogens with one attached hydrogen (secondary N) is 1. The highest BCUT2D eigenvalue weighted by Gasteiger charge is 2.10. The van der Waals surface area contributed by atoms with E-state index in [1.165, 1.54) is 63.5 Å². The molecule has 0 amide bonds. The lowest BCUT2D eigenvalue weighted by Gasteiger charge is -2.08. The predicted molar refractivity (Wildman–Crippen MR) is 80.3 cm³/mol. The van der Waals surface area contributed by atoms with Crippen LogP contribution in [-0.4, -0.2) is 6.54 Å². The van der Waals surface area contributed by atoms with E-state index in [1.54, 1.807) is 11.1 Å². The van der Waals surface area contributed by atoms with Crippen LogP contribution < -0.4 is 5.32 Å². The van der Waals surface area contributed by atoms with Crippen molar-refractivity contribution >= 4 is 5.69 Å². The molecule has 1 aliphatic rings. The van der Waals surface area contributed by atoms with Crippen LogP contribution in [0.3, 0.4) is 0 Å². The minimum Gasteiger partial charge on any atom is -0.385 e. The van der Waals surface area contributed by atoms with Gasteiger partial charge in [-0.2, -0.15) is 0 Å². The molecule has 0 aliphatic heterocycles. The van der Waals surface area contributed by atoms with Gasteiger partial charge in [-0.3, -0.25) is 0 Å². The van der Waals surface area contributed by atoms with Crippen molar-refractivity contribution in [2.75, 3.05) is 11.9 Å². The topological polar surface area (TPSA) is 12.0 Å². The summed E-state index contributed by atoms with van der Waals surface area (Å²) in [4.78, 5) is 0. The average Bonchev–Trinajstić information content (AvgIpc) is 2.85. The third-order valence-corrected chi connectivity index (χ3v) is 3.96. The molecule has 18 heavy (non-hydrogen) atoms. The highest BCUT2D eigenvalue weighted by atomic mass is 14.9. The van der Waals surface area contributed by atoms with E-state index in [-0.39, 0.29) is 0 Å². The Morgan fingerprint density at radius 2 is 1.72 bits per heavy atom. The van der Waals surface area contributed by atoms with Crippen LogP contribution in [0.2, 0.25) is 0 Å². The van der Waals surface area contributed by atoms with Crippen molar-refractivity contribution in [2.24, 2.45) is 0 Å². The van der Waals surface area contributed by atoms with Gasteiger partial charge in [0.15, 0.2) is 0 Å². The lowest BCUT2D eigenvalue weighted by molar-refractivity contribution is 0.617. The highest BCUT2D eigenvalue weighted by Crippen LogP contribution is 2.24. The molecule has 1 nitrogen and oxygen atoms in total. The van der Waals surface area contributed by atoms with E-state index < -0.39 is 0 Å². The van der Waals surface area contributed by atoms with Gasteiger partial charge in [-0.15, -0.1) is 0 Å². The van der Waals surface area contributed by atoms with Gasteiger partial charge in [0, 0.05) is 12.2 Å². The van der Waals surface area contributed by atoms with Crippen LogP contribution in [0.5, 0.6) is 0 Å². The van der Waals surface area contributed by atoms with E-state index in [1.807, 2.05) is 0 Å². The molecule has 0 heterocycles. The van der Waals surface area contributed by atoms with E-state index in [0.29, 0.717) is 0 Å². The highest BCUT2D eigenvalue weighted by molar-refractivity contribution is 5.50. The number of hydrogen-bond acceptors (Lipinski definition) is 1. The predicted octanol–water partition coefficient (Wildman–Crippen LogP) is 4.95. The fourth-order valence-electron chi connectivity index (χ4n) is 2.82. The second-order valence-electron chi connectivity index (χ2n) is 5.53. The molecule has 1 heteroatoms. The number of rotatable bonds is 8. The molecule has 1 aromatic carbocycles. The van der Waals surface area contributed by atoms with Crippen LogP contribution in [0, 0.1) is 0 Å². The lowest BCUT2D eigenvalue weighted by Crippen LogP contribution is -2.01. The Morgan fingerprint density at radius 3 is 2.61 bits per heavy atom. The Balaban J connectivity index is 1.62. The maximum Gasteiger partial charge on any atom is 0.0343 e. The maximum absolute atomic E-state index is 3.57. The summed E-state index contributed by atoms with van der Waals surface area (Å²) in [7, 11) is 0. The summed E-state index contributed by atoms with van der Waals surface area (Å²) in [6.45, 7) is 3.40. The molecule has 0 spiro atoms. The monoisotopic (exact) mass is 245 g/mol. The fourth-order valence-corrected chi connectivity index (χ4v) is 2.82. The van der Waals surface area contributed by atoms with Crippen LogP contribution in [-0.2, 0) is 12.8 Å². The van der Waals surface area contributed by atoms with Crippen LogP contribution >= 0.6 is 0 Å². The van der Waals surface area contributed by atoms with E-state index in [2.05, 4.69) is 30.4 Å². The molecular weight excluding hydrogens is 218 g/mol. The van der Waals surface area contributed by atoms with Crippen LogP contribution in [0.1, 0.15) is 63.0 Å². The summed E-state index contributed by atoms with van der Waals surface area (Å²) in [5.74, 6) is 0. The molecule has 0 saturated heterocycles. The molecule has 0 bridgehead atoms. The first-order valence-corrected chi connectivity index (χ1v) is 7.76. The molecule has 0 fully saturated rings. The first-order valence-electron chi connectivity index (χ1n) is 7.76. The molecule has 2 rings (SSSR count). The van der Waals surface area contributed by atoms with Gasteiger partial charge in [0.25, 0.3) is 0 Å². The number of hydrogen-bond donors (Lipinski definition) is 1. The molecule has 1 N–H and O–H groups in total. The summed E-state index contributed by atoms with van der Waals surface area (Å²) in [6, 6.07) is 6.92. The van der Waals surface area contributed by atoms with Crippen LogP contribution in [0.4, 0.5) is 5.69 Å². The summed E-state index contributed by atoms with van der Waals surface area (Å²) in [5.41, 5.74) is 4.47. The molecule has 0 radical (unpaired) electrons. The Hall–Kier alpha value is -0.980. The average molecular weight is 245 g/mol. The summed E-state index contributed by atoms with van der Waals surface area (Å²) in [5, 5.41) is 3.57. The number of benzene rings is 1. The normalized spacial score (nSPS) is 13.6. The number of aryl methyl sites for hydroxylation is 2. The van der Waals surface area contributed by atoms with Crippen molar-refractivity contribution in [3.05, 3.63) is 29.3 Å². The third-order valence-electron chi connectivity index (χ3n) is 3.96. The third kappa shape index (κ3) is 4.04. The Morgan fingerprint density at radius 1 is 0.944 bits per heavy atom. The Labute approximate surface area is 112 Å². The fraction of sp³-hybridized carbons (Fsp3) is 0.647. The zero-order chi connectivity index (χ0) is 12.6. The van der Waals surface area contributed by atoms with Crippen molar-refractivity contribution in [3.63, 3.8) is 0 Å². The molecule has 0 aromatic heterocycles. The van der Waals surface area contributed by atoms with Crippen molar-refractivity contribution in [1.29, 1.82) is 0 Å². The SMILES string of the molecule is CCCCCCCCNc1ccc2c(c1)CCC2. The first-order chi connectivity index (χ1) is 8.90. The van der Waals surface area contributed by atoms with E-state index in [9.17, 15) is 0 Å². The van der Waals surface area contributed by atoms with E-state index >= 15 is 0 Å². The van der Waals surface area contributed by atoms with Crippen molar-refractivity contribution in [1.82, 2.24) is 0 Å². The second-order valence-corrected chi connectivity index (χ2v) is 5.53. The molecule has 0 atom stereocenters. The Bertz CT molecular complexity index is 357. The van der Waals surface area contributed by atoms with Gasteiger partial charge in [0.1, 0.15) is 0 Å². The summed E-state index contributed by atoms with van der Waals surface area (Å²) in [6.07, 6.45) is 12.1. The van der Waals surface area contributed by atoms with Crippen LogP contribution in [0.15, 0.2) is 18.2 Å². The largest absolute Gasteiger partial charge is 0.385 e. The standard InChI is InChI=1S/C17H27N/c1-2-3-4-5-6-7-13-18-17-12-11-15-9-8-10-16(15)14-17/h11-12,14,18H,2-10,13H2,1H3. The quantitative estimate of drug-likeness (QED) is 0.639. The molecule has 1 aliphatic carbocycles. The summed E-state index contributed by atoms with van der Waals surface area (Å²) < 4.78 is 0. The van der Waals surface area contributed by atoms with Crippen LogP contribution in [0.25, 0.3) is 0 Å². The van der Waals surface area contributed by atoms with Gasteiger partial charge in [-0.05, 0) is 48.9 Å². The second kappa shape index (κ2) is 7.45. The molecule has 0 unspecified atom stereocenters. The minimum absolute atomic E-state index is 1.13. The smallest absolute Gasteiger partial charge is 0.0343 e. The van der Waals surface area contributed by atoms with Gasteiger partial charge in [-0.25, -0.2) is 0 Å². The van der Waals surface area contributed by atoms with Gasteiger partial charge in [0.2, 0.25) is 0 Å². The first kappa shape index (κ1) is 13.5. The van der Waals surface area contributed by atoms with Gasteiger partial charge < -0.3 is 5.32 Å². The number of fused-ring (bicyclic) bond motifs is 1. The van der Waals surface area contributed by atoms with Crippen molar-refractivity contribution in [3.8, 4) is 0 Å². The van der Waals surface area contributed by atoms with Gasteiger partial charge in [0.05, 0.1) is 0 Å². The van der Waals surface area contributed by atoms with E-state index in [0.717, 1.165) is 6.54 Å². The number of unbranched alkanes of at least 4 members (excludes halogenated alkanes) is 5. The van der Waals surface area contributed by atoms with Crippen molar-refractivity contribution in [2.45, 2.75) is 64.7 Å². The van der Waals surface area contributed by atoms with Gasteiger partial charge >= 0.3 is 0 Å². The molecule has 0 saturated carbocycles. The Kier molecular flexibility index (Phi) is 5.57.